The number of anilines is 2. The first-order chi connectivity index (χ1) is 15.0. The van der Waals surface area contributed by atoms with E-state index in [0.29, 0.717) is 24.2 Å². The Hall–Kier alpha value is -2.48. The Morgan fingerprint density at radius 1 is 1.06 bits per heavy atom. The number of halogens is 3. The summed E-state index contributed by atoms with van der Waals surface area (Å²) >= 11 is 6.02. The summed E-state index contributed by atoms with van der Waals surface area (Å²) in [5.74, 6) is -1.22. The van der Waals surface area contributed by atoms with Gasteiger partial charge < -0.3 is 9.80 Å². The lowest BCUT2D eigenvalue weighted by atomic mass is 9.93. The fraction of sp³-hybridized carbons (Fsp3) is 0.500. The van der Waals surface area contributed by atoms with E-state index in [9.17, 15) is 8.78 Å². The number of hydrogen-bond acceptors (Lipinski definition) is 5. The lowest BCUT2D eigenvalue weighted by Crippen LogP contribution is -2.39. The highest BCUT2D eigenvalue weighted by atomic mass is 35.5. The summed E-state index contributed by atoms with van der Waals surface area (Å²) in [4.78, 5) is 13.2. The molecule has 3 aromatic rings. The molecule has 2 aliphatic heterocycles. The molecule has 0 amide bonds. The van der Waals surface area contributed by atoms with Crippen LogP contribution in [0.15, 0.2) is 36.7 Å². The molecule has 0 N–H and O–H groups in total. The van der Waals surface area contributed by atoms with E-state index in [2.05, 4.69) is 15.0 Å². The van der Waals surface area contributed by atoms with E-state index in [-0.39, 0.29) is 12.8 Å². The third-order valence-corrected chi connectivity index (χ3v) is 6.59. The first kappa shape index (κ1) is 20.4. The van der Waals surface area contributed by atoms with Crippen LogP contribution >= 0.6 is 11.6 Å². The number of fused-ring (bicyclic) bond motifs is 1. The second-order valence-corrected chi connectivity index (χ2v) is 8.89. The van der Waals surface area contributed by atoms with Gasteiger partial charge in [-0.25, -0.2) is 23.3 Å². The van der Waals surface area contributed by atoms with Crippen molar-refractivity contribution in [3.8, 4) is 0 Å². The summed E-state index contributed by atoms with van der Waals surface area (Å²) in [6.45, 7) is 2.61. The van der Waals surface area contributed by atoms with Crippen molar-refractivity contribution in [1.82, 2.24) is 19.6 Å². The molecule has 2 aliphatic rings. The van der Waals surface area contributed by atoms with Crippen LogP contribution in [-0.4, -0.2) is 51.7 Å². The Labute approximate surface area is 184 Å². The van der Waals surface area contributed by atoms with Gasteiger partial charge in [0, 0.05) is 63.5 Å². The molecule has 6 nitrogen and oxygen atoms in total. The lowest BCUT2D eigenvalue weighted by Gasteiger charge is -2.33. The molecule has 5 heterocycles. The lowest BCUT2D eigenvalue weighted by molar-refractivity contribution is -0.0220. The molecule has 2 fully saturated rings. The third kappa shape index (κ3) is 4.44. The van der Waals surface area contributed by atoms with Crippen LogP contribution < -0.4 is 9.80 Å². The SMILES string of the molecule is FC1(F)CCN(c2cccn3nc(CC4CCN(c5ccnc(Cl)c5)CC4)nc23)CC1. The van der Waals surface area contributed by atoms with Crippen molar-refractivity contribution in [3.63, 3.8) is 0 Å². The standard InChI is InChI=1S/C22H25ClF2N6/c23-19-15-17(3-8-26-19)29-10-4-16(5-11-29)14-20-27-21-18(2-1-9-31(21)28-20)30-12-6-22(24,25)7-13-30/h1-3,8-9,15-16H,4-7,10-14H2. The Morgan fingerprint density at radius 2 is 1.84 bits per heavy atom. The van der Waals surface area contributed by atoms with Crippen LogP contribution in [-0.2, 0) is 6.42 Å². The van der Waals surface area contributed by atoms with E-state index in [4.69, 9.17) is 16.6 Å². The zero-order valence-electron chi connectivity index (χ0n) is 17.2. The van der Waals surface area contributed by atoms with Gasteiger partial charge in [-0.15, -0.1) is 0 Å². The average Bonchev–Trinajstić information content (AvgIpc) is 3.17. The Bertz CT molecular complexity index is 1050. The molecule has 31 heavy (non-hydrogen) atoms. The quantitative estimate of drug-likeness (QED) is 0.553. The second-order valence-electron chi connectivity index (χ2n) is 8.50. The van der Waals surface area contributed by atoms with Crippen LogP contribution in [0.5, 0.6) is 0 Å². The molecule has 9 heteroatoms. The van der Waals surface area contributed by atoms with E-state index in [1.54, 1.807) is 10.7 Å². The molecule has 164 valence electrons. The fourth-order valence-electron chi connectivity index (χ4n) is 4.59. The van der Waals surface area contributed by atoms with Crippen molar-refractivity contribution in [1.29, 1.82) is 0 Å². The minimum Gasteiger partial charge on any atom is -0.371 e. The Morgan fingerprint density at radius 3 is 2.58 bits per heavy atom. The molecule has 0 radical (unpaired) electrons. The zero-order valence-corrected chi connectivity index (χ0v) is 18.0. The Balaban J connectivity index is 1.26. The molecule has 0 saturated carbocycles. The van der Waals surface area contributed by atoms with Gasteiger partial charge in [0.05, 0.1) is 5.69 Å². The van der Waals surface area contributed by atoms with E-state index in [1.165, 1.54) is 0 Å². The van der Waals surface area contributed by atoms with E-state index in [0.717, 1.165) is 55.2 Å². The summed E-state index contributed by atoms with van der Waals surface area (Å²) in [5.41, 5.74) is 2.76. The molecule has 0 bridgehead atoms. The Kier molecular flexibility index (Phi) is 5.42. The van der Waals surface area contributed by atoms with Crippen molar-refractivity contribution in [3.05, 3.63) is 47.6 Å². The van der Waals surface area contributed by atoms with Gasteiger partial charge in [-0.05, 0) is 43.0 Å². The monoisotopic (exact) mass is 446 g/mol. The number of aromatic nitrogens is 4. The molecule has 3 aromatic heterocycles. The smallest absolute Gasteiger partial charge is 0.251 e. The predicted octanol–water partition coefficient (Wildman–Crippen LogP) is 4.47. The maximum Gasteiger partial charge on any atom is 0.251 e. The maximum absolute atomic E-state index is 13.6. The van der Waals surface area contributed by atoms with Gasteiger partial charge in [-0.3, -0.25) is 0 Å². The minimum atomic E-state index is -2.56. The van der Waals surface area contributed by atoms with Gasteiger partial charge in [0.15, 0.2) is 11.5 Å². The van der Waals surface area contributed by atoms with Crippen LogP contribution in [0.3, 0.4) is 0 Å². The van der Waals surface area contributed by atoms with Gasteiger partial charge in [0.2, 0.25) is 0 Å². The first-order valence-electron chi connectivity index (χ1n) is 10.8. The van der Waals surface area contributed by atoms with Crippen molar-refractivity contribution in [2.75, 3.05) is 36.0 Å². The number of pyridine rings is 2. The minimum absolute atomic E-state index is 0.115. The number of rotatable bonds is 4. The van der Waals surface area contributed by atoms with Gasteiger partial charge in [0.1, 0.15) is 5.15 Å². The van der Waals surface area contributed by atoms with Crippen LogP contribution in [0.1, 0.15) is 31.5 Å². The summed E-state index contributed by atoms with van der Waals surface area (Å²) in [6, 6.07) is 7.76. The highest BCUT2D eigenvalue weighted by molar-refractivity contribution is 6.29. The summed E-state index contributed by atoms with van der Waals surface area (Å²) in [7, 11) is 0. The largest absolute Gasteiger partial charge is 0.371 e. The molecule has 2 saturated heterocycles. The van der Waals surface area contributed by atoms with Gasteiger partial charge in [-0.2, -0.15) is 5.10 Å². The van der Waals surface area contributed by atoms with Crippen LogP contribution in [0, 0.1) is 5.92 Å². The average molecular weight is 447 g/mol. The molecular formula is C22H25ClF2N6. The molecule has 5 rings (SSSR count). The molecule has 0 aromatic carbocycles. The predicted molar refractivity (Wildman–Crippen MR) is 117 cm³/mol. The highest BCUT2D eigenvalue weighted by Gasteiger charge is 2.34. The highest BCUT2D eigenvalue weighted by Crippen LogP contribution is 2.32. The zero-order chi connectivity index (χ0) is 21.4. The number of hydrogen-bond donors (Lipinski definition) is 0. The van der Waals surface area contributed by atoms with Crippen molar-refractivity contribution < 1.29 is 8.78 Å². The molecule has 0 spiro atoms. The van der Waals surface area contributed by atoms with Crippen molar-refractivity contribution in [2.45, 2.75) is 38.0 Å². The van der Waals surface area contributed by atoms with Gasteiger partial charge in [-0.1, -0.05) is 11.6 Å². The molecule has 0 atom stereocenters. The van der Waals surface area contributed by atoms with Crippen molar-refractivity contribution in [2.24, 2.45) is 5.92 Å². The van der Waals surface area contributed by atoms with Crippen LogP contribution in [0.25, 0.3) is 5.65 Å². The number of alkyl halides is 2. The second kappa shape index (κ2) is 8.22. The topological polar surface area (TPSA) is 49.6 Å². The first-order valence-corrected chi connectivity index (χ1v) is 11.2. The van der Waals surface area contributed by atoms with E-state index >= 15 is 0 Å². The van der Waals surface area contributed by atoms with E-state index in [1.807, 2.05) is 35.4 Å². The normalized spacial score (nSPS) is 19.8. The fourth-order valence-corrected chi connectivity index (χ4v) is 4.75. The third-order valence-electron chi connectivity index (χ3n) is 6.38. The summed E-state index contributed by atoms with van der Waals surface area (Å²) in [5, 5.41) is 5.19. The summed E-state index contributed by atoms with van der Waals surface area (Å²) in [6.07, 6.45) is 6.33. The maximum atomic E-state index is 13.6. The van der Waals surface area contributed by atoms with Gasteiger partial charge in [0.25, 0.3) is 5.92 Å². The molecular weight excluding hydrogens is 422 g/mol. The van der Waals surface area contributed by atoms with Gasteiger partial charge >= 0.3 is 0 Å². The number of piperidine rings is 2. The number of nitrogens with zero attached hydrogens (tertiary/aromatic N) is 6. The van der Waals surface area contributed by atoms with Crippen LogP contribution in [0.4, 0.5) is 20.2 Å². The van der Waals surface area contributed by atoms with Crippen molar-refractivity contribution >= 4 is 28.6 Å². The molecule has 0 unspecified atom stereocenters. The summed E-state index contributed by atoms with van der Waals surface area (Å²) < 4.78 is 28.9. The van der Waals surface area contributed by atoms with E-state index < -0.39 is 5.92 Å². The van der Waals surface area contributed by atoms with Crippen LogP contribution in [0.2, 0.25) is 5.15 Å². The molecule has 0 aliphatic carbocycles.